The van der Waals surface area contributed by atoms with Crippen LogP contribution in [0.4, 0.5) is 0 Å². The Labute approximate surface area is 82.1 Å². The Hall–Kier alpha value is -0.705. The van der Waals surface area contributed by atoms with Crippen LogP contribution in [0, 0.1) is 6.92 Å². The lowest BCUT2D eigenvalue weighted by molar-refractivity contribution is 0.403. The maximum absolute atomic E-state index is 9.04. The van der Waals surface area contributed by atoms with E-state index in [1.807, 2.05) is 0 Å². The van der Waals surface area contributed by atoms with Crippen LogP contribution in [0.5, 0.6) is 5.75 Å². The molecule has 0 heterocycles. The number of ether oxygens (including phenoxy) is 1. The molecule has 0 saturated carbocycles. The predicted octanol–water partition coefficient (Wildman–Crippen LogP) is 0.337. The molecule has 13 heavy (non-hydrogen) atoms. The normalized spacial score (nSPS) is 9.92. The molecule has 1 aromatic rings. The summed E-state index contributed by atoms with van der Waals surface area (Å²) in [5.74, 6) is 0.389. The van der Waals surface area contributed by atoms with Crippen molar-refractivity contribution in [1.29, 1.82) is 0 Å². The zero-order chi connectivity index (χ0) is 10.0. The second-order valence-electron chi connectivity index (χ2n) is 2.71. The molecule has 2 N–H and O–H groups in total. The third-order valence-electron chi connectivity index (χ3n) is 1.79. The van der Waals surface area contributed by atoms with E-state index in [-0.39, 0.29) is 0 Å². The van der Waals surface area contributed by atoms with Gasteiger partial charge in [-0.1, -0.05) is 11.6 Å². The molecule has 0 fully saturated rings. The molecular weight excluding hydrogens is 190 g/mol. The third-order valence-corrected chi connectivity index (χ3v) is 2.01. The largest absolute Gasteiger partial charge is 0.497 e. The van der Waals surface area contributed by atoms with Gasteiger partial charge in [0.2, 0.25) is 0 Å². The second-order valence-corrected chi connectivity index (χ2v) is 3.15. The van der Waals surface area contributed by atoms with E-state index >= 15 is 0 Å². The van der Waals surface area contributed by atoms with Crippen molar-refractivity contribution in [3.63, 3.8) is 0 Å². The van der Waals surface area contributed by atoms with Gasteiger partial charge in [-0.15, -0.1) is 0 Å². The molecule has 0 radical (unpaired) electrons. The molecule has 0 aliphatic rings. The Kier molecular flexibility index (Phi) is 3.19. The van der Waals surface area contributed by atoms with E-state index in [1.165, 1.54) is 7.11 Å². The maximum atomic E-state index is 9.04. The predicted molar refractivity (Wildman–Crippen MR) is 52.6 cm³/mol. The number of hydrogen-bond donors (Lipinski definition) is 2. The van der Waals surface area contributed by atoms with E-state index in [1.54, 1.807) is 19.1 Å². The Balaban J connectivity index is 3.30. The first-order valence-electron chi connectivity index (χ1n) is 3.76. The summed E-state index contributed by atoms with van der Waals surface area (Å²) in [6, 6.07) is 3.20. The minimum absolute atomic E-state index is 0.354. The standard InChI is InChI=1S/C8H10BClO3/c1-5-3-6(10)4-7(13-2)8(5)9(11)12/h3-4,11-12H,1-2H3. The number of hydrogen-bond acceptors (Lipinski definition) is 3. The lowest BCUT2D eigenvalue weighted by Gasteiger charge is -2.10. The van der Waals surface area contributed by atoms with Crippen LogP contribution in [0.1, 0.15) is 5.56 Å². The van der Waals surface area contributed by atoms with Gasteiger partial charge in [0.25, 0.3) is 0 Å². The quantitative estimate of drug-likeness (QED) is 0.677. The van der Waals surface area contributed by atoms with Crippen molar-refractivity contribution in [1.82, 2.24) is 0 Å². The lowest BCUT2D eigenvalue weighted by Crippen LogP contribution is -2.33. The molecule has 0 amide bonds. The van der Waals surface area contributed by atoms with Crippen LogP contribution >= 0.6 is 11.6 Å². The van der Waals surface area contributed by atoms with Crippen molar-refractivity contribution in [2.24, 2.45) is 0 Å². The Bertz CT molecular complexity index is 315. The summed E-state index contributed by atoms with van der Waals surface area (Å²) >= 11 is 5.76. The van der Waals surface area contributed by atoms with Crippen LogP contribution in [0.25, 0.3) is 0 Å². The molecule has 3 nitrogen and oxygen atoms in total. The number of rotatable bonds is 2. The molecule has 70 valence electrons. The third kappa shape index (κ3) is 2.15. The summed E-state index contributed by atoms with van der Waals surface area (Å²) in [5, 5.41) is 18.6. The van der Waals surface area contributed by atoms with Crippen molar-refractivity contribution in [3.8, 4) is 5.75 Å². The smallest absolute Gasteiger partial charge is 0.492 e. The van der Waals surface area contributed by atoms with E-state index in [2.05, 4.69) is 0 Å². The SMILES string of the molecule is COc1cc(Cl)cc(C)c1B(O)O. The molecule has 0 bridgehead atoms. The lowest BCUT2D eigenvalue weighted by atomic mass is 9.76. The highest BCUT2D eigenvalue weighted by Gasteiger charge is 2.19. The fraction of sp³-hybridized carbons (Fsp3) is 0.250. The fourth-order valence-corrected chi connectivity index (χ4v) is 1.49. The van der Waals surface area contributed by atoms with Gasteiger partial charge in [0, 0.05) is 10.5 Å². The van der Waals surface area contributed by atoms with Crippen molar-refractivity contribution in [2.75, 3.05) is 7.11 Å². The van der Waals surface area contributed by atoms with Crippen LogP contribution in [0.3, 0.4) is 0 Å². The van der Waals surface area contributed by atoms with Crippen LogP contribution in [0.2, 0.25) is 5.02 Å². The van der Waals surface area contributed by atoms with Crippen molar-refractivity contribution in [3.05, 3.63) is 22.7 Å². The average molecular weight is 200 g/mol. The van der Waals surface area contributed by atoms with Crippen molar-refractivity contribution >= 4 is 24.2 Å². The Morgan fingerprint density at radius 3 is 2.46 bits per heavy atom. The monoisotopic (exact) mass is 200 g/mol. The number of benzene rings is 1. The summed E-state index contributed by atoms with van der Waals surface area (Å²) in [6.45, 7) is 1.74. The van der Waals surface area contributed by atoms with Gasteiger partial charge in [-0.25, -0.2) is 0 Å². The van der Waals surface area contributed by atoms with E-state index in [0.717, 1.165) is 0 Å². The first-order chi connectivity index (χ1) is 6.06. The molecule has 0 atom stereocenters. The highest BCUT2D eigenvalue weighted by molar-refractivity contribution is 6.60. The molecule has 0 aliphatic carbocycles. The zero-order valence-electron chi connectivity index (χ0n) is 7.41. The highest BCUT2D eigenvalue weighted by Crippen LogP contribution is 2.18. The van der Waals surface area contributed by atoms with E-state index in [0.29, 0.717) is 21.8 Å². The Morgan fingerprint density at radius 2 is 2.00 bits per heavy atom. The van der Waals surface area contributed by atoms with Gasteiger partial charge in [-0.05, 0) is 24.6 Å². The maximum Gasteiger partial charge on any atom is 0.492 e. The summed E-state index contributed by atoms with van der Waals surface area (Å²) in [7, 11) is -0.0796. The van der Waals surface area contributed by atoms with Crippen LogP contribution in [-0.4, -0.2) is 24.3 Å². The molecule has 0 saturated heterocycles. The number of methoxy groups -OCH3 is 1. The average Bonchev–Trinajstić information content (AvgIpc) is 2.01. The zero-order valence-corrected chi connectivity index (χ0v) is 8.17. The van der Waals surface area contributed by atoms with E-state index in [4.69, 9.17) is 26.4 Å². The van der Waals surface area contributed by atoms with E-state index < -0.39 is 7.12 Å². The Morgan fingerprint density at radius 1 is 1.38 bits per heavy atom. The van der Waals surface area contributed by atoms with Gasteiger partial charge in [0.15, 0.2) is 0 Å². The minimum atomic E-state index is -1.53. The van der Waals surface area contributed by atoms with Crippen LogP contribution in [-0.2, 0) is 0 Å². The molecule has 1 rings (SSSR count). The second kappa shape index (κ2) is 4.00. The van der Waals surface area contributed by atoms with Crippen molar-refractivity contribution < 1.29 is 14.8 Å². The van der Waals surface area contributed by atoms with Gasteiger partial charge in [0.05, 0.1) is 7.11 Å². The van der Waals surface area contributed by atoms with Gasteiger partial charge in [-0.3, -0.25) is 0 Å². The minimum Gasteiger partial charge on any atom is -0.497 e. The van der Waals surface area contributed by atoms with Gasteiger partial charge < -0.3 is 14.8 Å². The molecular formula is C8H10BClO3. The fourth-order valence-electron chi connectivity index (χ4n) is 1.22. The first kappa shape index (κ1) is 10.4. The molecule has 0 aliphatic heterocycles. The first-order valence-corrected chi connectivity index (χ1v) is 4.14. The molecule has 0 unspecified atom stereocenters. The molecule has 5 heteroatoms. The van der Waals surface area contributed by atoms with Crippen LogP contribution in [0.15, 0.2) is 12.1 Å². The summed E-state index contributed by atoms with van der Waals surface area (Å²) in [4.78, 5) is 0. The number of halogens is 1. The summed E-state index contributed by atoms with van der Waals surface area (Å²) < 4.78 is 4.96. The summed E-state index contributed by atoms with van der Waals surface area (Å²) in [5.41, 5.74) is 1.05. The number of aryl methyl sites for hydroxylation is 1. The van der Waals surface area contributed by atoms with Gasteiger partial charge in [-0.2, -0.15) is 0 Å². The van der Waals surface area contributed by atoms with Crippen molar-refractivity contribution in [2.45, 2.75) is 6.92 Å². The topological polar surface area (TPSA) is 49.7 Å². The molecule has 0 spiro atoms. The van der Waals surface area contributed by atoms with Gasteiger partial charge >= 0.3 is 7.12 Å². The molecule has 1 aromatic carbocycles. The molecule has 0 aromatic heterocycles. The van der Waals surface area contributed by atoms with Gasteiger partial charge in [0.1, 0.15) is 5.75 Å². The summed E-state index contributed by atoms with van der Waals surface area (Å²) in [6.07, 6.45) is 0. The van der Waals surface area contributed by atoms with E-state index in [9.17, 15) is 0 Å². The van der Waals surface area contributed by atoms with Crippen LogP contribution < -0.4 is 10.2 Å². The highest BCUT2D eigenvalue weighted by atomic mass is 35.5.